The van der Waals surface area contributed by atoms with Crippen molar-refractivity contribution in [1.82, 2.24) is 10.2 Å². The normalized spacial score (nSPS) is 19.6. The van der Waals surface area contributed by atoms with Crippen LogP contribution in [0.3, 0.4) is 0 Å². The molecule has 2 aliphatic rings. The number of hydrogen-bond donors (Lipinski definition) is 1. The molecule has 6 nitrogen and oxygen atoms in total. The molecular weight excluding hydrogens is 433 g/mol. The van der Waals surface area contributed by atoms with E-state index < -0.39 is 11.7 Å². The van der Waals surface area contributed by atoms with Crippen LogP contribution in [-0.4, -0.2) is 48.9 Å². The molecule has 1 saturated heterocycles. The number of piperidine rings is 1. The number of nitrogens with one attached hydrogen (secondary N) is 1. The monoisotopic (exact) mass is 465 g/mol. The van der Waals surface area contributed by atoms with Gasteiger partial charge in [-0.3, -0.25) is 14.5 Å². The van der Waals surface area contributed by atoms with E-state index in [1.54, 1.807) is 36.4 Å². The van der Waals surface area contributed by atoms with Crippen LogP contribution in [0, 0.1) is 5.82 Å². The summed E-state index contributed by atoms with van der Waals surface area (Å²) in [4.78, 5) is 29.8. The molecule has 1 atom stereocenters. The molecule has 2 heterocycles. The molecular formula is C27H32FN3O3. The van der Waals surface area contributed by atoms with Gasteiger partial charge in [-0.2, -0.15) is 0 Å². The molecule has 2 amide bonds. The molecule has 0 saturated carbocycles. The van der Waals surface area contributed by atoms with E-state index in [1.165, 1.54) is 42.4 Å². The van der Waals surface area contributed by atoms with Crippen molar-refractivity contribution in [1.29, 1.82) is 0 Å². The highest BCUT2D eigenvalue weighted by Crippen LogP contribution is 2.35. The van der Waals surface area contributed by atoms with Gasteiger partial charge in [0.1, 0.15) is 12.4 Å². The first-order chi connectivity index (χ1) is 16.5. The van der Waals surface area contributed by atoms with Crippen LogP contribution in [0.2, 0.25) is 0 Å². The van der Waals surface area contributed by atoms with Gasteiger partial charge in [0.15, 0.2) is 11.5 Å². The molecule has 1 N–H and O–H groups in total. The number of likely N-dealkylation sites (tertiary alicyclic amines) is 1. The average molecular weight is 466 g/mol. The number of amides is 2. The predicted molar refractivity (Wildman–Crippen MR) is 131 cm³/mol. The van der Waals surface area contributed by atoms with E-state index in [9.17, 15) is 14.0 Å². The highest BCUT2D eigenvalue weighted by atomic mass is 19.1. The lowest BCUT2D eigenvalue weighted by Crippen LogP contribution is -2.45. The summed E-state index contributed by atoms with van der Waals surface area (Å²) in [6.45, 7) is 4.79. The van der Waals surface area contributed by atoms with Gasteiger partial charge >= 0.3 is 0 Å². The van der Waals surface area contributed by atoms with Crippen molar-refractivity contribution in [2.75, 3.05) is 31.1 Å². The van der Waals surface area contributed by atoms with Crippen LogP contribution in [0.4, 0.5) is 10.1 Å². The number of ether oxygens (including phenoxy) is 1. The van der Waals surface area contributed by atoms with E-state index in [2.05, 4.69) is 17.1 Å². The van der Waals surface area contributed by atoms with Crippen LogP contribution in [0.15, 0.2) is 54.3 Å². The lowest BCUT2D eigenvalue weighted by Gasteiger charge is -2.35. The summed E-state index contributed by atoms with van der Waals surface area (Å²) >= 11 is 0. The van der Waals surface area contributed by atoms with Crippen LogP contribution in [0.25, 0.3) is 6.08 Å². The van der Waals surface area contributed by atoms with Crippen molar-refractivity contribution in [2.24, 2.45) is 0 Å². The summed E-state index contributed by atoms with van der Waals surface area (Å²) in [5.74, 6) is -0.525. The third kappa shape index (κ3) is 5.83. The molecule has 4 rings (SSSR count). The van der Waals surface area contributed by atoms with E-state index in [1.807, 2.05) is 0 Å². The second kappa shape index (κ2) is 11.3. The summed E-state index contributed by atoms with van der Waals surface area (Å²) in [6.07, 6.45) is 7.34. The maximum atomic E-state index is 13.6. The molecule has 7 heteroatoms. The topological polar surface area (TPSA) is 61.9 Å². The Morgan fingerprint density at radius 2 is 2.06 bits per heavy atom. The number of carbonyl (C=O) groups excluding carboxylic acids is 2. The Morgan fingerprint density at radius 1 is 1.21 bits per heavy atom. The highest BCUT2D eigenvalue weighted by Gasteiger charge is 2.31. The minimum Gasteiger partial charge on any atom is -0.449 e. The van der Waals surface area contributed by atoms with Crippen molar-refractivity contribution in [3.63, 3.8) is 0 Å². The van der Waals surface area contributed by atoms with E-state index in [0.29, 0.717) is 29.6 Å². The predicted octanol–water partition coefficient (Wildman–Crippen LogP) is 4.36. The first kappa shape index (κ1) is 24.0. The van der Waals surface area contributed by atoms with Crippen LogP contribution in [0.5, 0.6) is 5.75 Å². The maximum Gasteiger partial charge on any atom is 0.294 e. The smallest absolute Gasteiger partial charge is 0.294 e. The van der Waals surface area contributed by atoms with E-state index >= 15 is 0 Å². The van der Waals surface area contributed by atoms with Gasteiger partial charge in [-0.1, -0.05) is 37.6 Å². The number of rotatable bonds is 8. The Kier molecular flexibility index (Phi) is 7.95. The third-order valence-corrected chi connectivity index (χ3v) is 6.44. The molecule has 2 aliphatic heterocycles. The minimum atomic E-state index is -0.433. The number of halogens is 1. The Labute approximate surface area is 200 Å². The van der Waals surface area contributed by atoms with Crippen LogP contribution < -0.4 is 15.0 Å². The maximum absolute atomic E-state index is 13.6. The molecule has 1 fully saturated rings. The molecule has 0 aliphatic carbocycles. The first-order valence-electron chi connectivity index (χ1n) is 12.1. The fourth-order valence-electron chi connectivity index (χ4n) is 4.69. The van der Waals surface area contributed by atoms with E-state index in [4.69, 9.17) is 4.74 Å². The Balaban J connectivity index is 1.38. The zero-order valence-electron chi connectivity index (χ0n) is 19.6. The molecule has 0 radical (unpaired) electrons. The van der Waals surface area contributed by atoms with E-state index in [-0.39, 0.29) is 18.2 Å². The summed E-state index contributed by atoms with van der Waals surface area (Å²) < 4.78 is 19.4. The molecule has 0 aromatic heterocycles. The lowest BCUT2D eigenvalue weighted by atomic mass is 10.00. The Morgan fingerprint density at radius 3 is 2.88 bits per heavy atom. The van der Waals surface area contributed by atoms with Crippen LogP contribution in [-0.2, 0) is 9.59 Å². The molecule has 0 spiro atoms. The Bertz CT molecular complexity index is 1050. The second-order valence-electron chi connectivity index (χ2n) is 8.82. The molecule has 2 aromatic carbocycles. The summed E-state index contributed by atoms with van der Waals surface area (Å²) in [5.41, 5.74) is 1.05. The van der Waals surface area contributed by atoms with Gasteiger partial charge in [-0.25, -0.2) is 4.39 Å². The van der Waals surface area contributed by atoms with Gasteiger partial charge in [0.25, 0.3) is 5.91 Å². The van der Waals surface area contributed by atoms with Gasteiger partial charge in [-0.05, 0) is 68.1 Å². The average Bonchev–Trinajstić information content (AvgIpc) is 2.84. The van der Waals surface area contributed by atoms with Crippen LogP contribution >= 0.6 is 0 Å². The first-order valence-corrected chi connectivity index (χ1v) is 12.1. The zero-order chi connectivity index (χ0) is 23.9. The standard InChI is InChI=1S/C27H32FN3O3/c1-2-22-11-5-6-15-30(22)16-8-14-29-26(32)19-31-23-12-3-4-13-24(23)34-25(27(31)33)18-20-9-7-10-21(28)17-20/h3-4,7,9-10,12-13,17-18,22H,2,5-6,8,11,14-16,19H2,1H3,(H,29,32). The molecule has 180 valence electrons. The SMILES string of the molecule is CCC1CCCCN1CCCNC(=O)CN1C(=O)C(=Cc2cccc(F)c2)Oc2ccccc21. The summed E-state index contributed by atoms with van der Waals surface area (Å²) in [7, 11) is 0. The highest BCUT2D eigenvalue weighted by molar-refractivity contribution is 6.12. The van der Waals surface area contributed by atoms with Gasteiger partial charge in [-0.15, -0.1) is 0 Å². The fourth-order valence-corrected chi connectivity index (χ4v) is 4.69. The van der Waals surface area contributed by atoms with Crippen LogP contribution in [0.1, 0.15) is 44.6 Å². The minimum absolute atomic E-state index is 0.0489. The number of fused-ring (bicyclic) bond motifs is 1. The molecule has 1 unspecified atom stereocenters. The van der Waals surface area contributed by atoms with Gasteiger partial charge in [0.05, 0.1) is 5.69 Å². The van der Waals surface area contributed by atoms with Gasteiger partial charge in [0, 0.05) is 19.1 Å². The van der Waals surface area contributed by atoms with Gasteiger partial charge < -0.3 is 15.0 Å². The number of nitrogens with zero attached hydrogens (tertiary/aromatic N) is 2. The van der Waals surface area contributed by atoms with Crippen molar-refractivity contribution in [3.05, 3.63) is 65.7 Å². The third-order valence-electron chi connectivity index (χ3n) is 6.44. The summed E-state index contributed by atoms with van der Waals surface area (Å²) in [6, 6.07) is 13.7. The van der Waals surface area contributed by atoms with Crippen molar-refractivity contribution in [2.45, 2.75) is 45.1 Å². The lowest BCUT2D eigenvalue weighted by molar-refractivity contribution is -0.123. The number of benzene rings is 2. The quantitative estimate of drug-likeness (QED) is 0.465. The van der Waals surface area contributed by atoms with E-state index in [0.717, 1.165) is 25.9 Å². The molecule has 34 heavy (non-hydrogen) atoms. The van der Waals surface area contributed by atoms with Crippen molar-refractivity contribution < 1.29 is 18.7 Å². The molecule has 2 aromatic rings. The summed E-state index contributed by atoms with van der Waals surface area (Å²) in [5, 5.41) is 2.96. The number of hydrogen-bond acceptors (Lipinski definition) is 4. The largest absolute Gasteiger partial charge is 0.449 e. The second-order valence-corrected chi connectivity index (χ2v) is 8.82. The molecule has 0 bridgehead atoms. The van der Waals surface area contributed by atoms with Gasteiger partial charge in [0.2, 0.25) is 5.91 Å². The number of para-hydroxylation sites is 2. The fraction of sp³-hybridized carbons (Fsp3) is 0.407. The number of carbonyl (C=O) groups is 2. The Hall–Kier alpha value is -3.19. The zero-order valence-corrected chi connectivity index (χ0v) is 19.6. The van der Waals surface area contributed by atoms with Crippen molar-refractivity contribution >= 4 is 23.6 Å². The number of anilines is 1. The van der Waals surface area contributed by atoms with Crippen molar-refractivity contribution in [3.8, 4) is 5.75 Å².